The standard InChI is InChI=1S/C16H27NO2/c18-16(19)14-7-3-4-8-15(14)17-10-9-12-5-1-2-6-13(12)11-17/h12-15H,1-11H2,(H,18,19). The average Bonchev–Trinajstić information content (AvgIpc) is 2.46. The maximum absolute atomic E-state index is 11.5. The number of piperidine rings is 1. The summed E-state index contributed by atoms with van der Waals surface area (Å²) in [5, 5.41) is 9.45. The number of carboxylic acids is 1. The van der Waals surface area contributed by atoms with Crippen LogP contribution in [0.4, 0.5) is 0 Å². The third-order valence-electron chi connectivity index (χ3n) is 5.84. The Morgan fingerprint density at radius 3 is 2.37 bits per heavy atom. The number of nitrogens with zero attached hydrogens (tertiary/aromatic N) is 1. The molecule has 2 aliphatic carbocycles. The van der Waals surface area contributed by atoms with Gasteiger partial charge >= 0.3 is 5.97 Å². The van der Waals surface area contributed by atoms with E-state index in [1.165, 1.54) is 45.1 Å². The van der Waals surface area contributed by atoms with Gasteiger partial charge in [-0.1, -0.05) is 32.1 Å². The number of hydrogen-bond donors (Lipinski definition) is 1. The monoisotopic (exact) mass is 265 g/mol. The van der Waals surface area contributed by atoms with Gasteiger partial charge in [-0.05, 0) is 44.1 Å². The molecular weight excluding hydrogens is 238 g/mol. The Bertz CT molecular complexity index is 331. The molecule has 2 saturated carbocycles. The number of fused-ring (bicyclic) bond motifs is 1. The molecule has 19 heavy (non-hydrogen) atoms. The zero-order valence-corrected chi connectivity index (χ0v) is 11.9. The molecule has 0 aromatic rings. The van der Waals surface area contributed by atoms with Crippen molar-refractivity contribution in [3.8, 4) is 0 Å². The van der Waals surface area contributed by atoms with Crippen LogP contribution in [-0.2, 0) is 4.79 Å². The van der Waals surface area contributed by atoms with Gasteiger partial charge < -0.3 is 5.11 Å². The van der Waals surface area contributed by atoms with Gasteiger partial charge in [-0.15, -0.1) is 0 Å². The Labute approximate surface area is 116 Å². The molecule has 3 rings (SSSR count). The highest BCUT2D eigenvalue weighted by atomic mass is 16.4. The van der Waals surface area contributed by atoms with Crippen molar-refractivity contribution in [2.45, 2.75) is 63.8 Å². The van der Waals surface area contributed by atoms with E-state index in [2.05, 4.69) is 4.90 Å². The second-order valence-electron chi connectivity index (χ2n) is 6.88. The maximum atomic E-state index is 11.5. The molecule has 1 N–H and O–H groups in total. The van der Waals surface area contributed by atoms with Gasteiger partial charge in [0.25, 0.3) is 0 Å². The van der Waals surface area contributed by atoms with E-state index in [1.54, 1.807) is 0 Å². The number of carbonyl (C=O) groups is 1. The molecule has 1 heterocycles. The van der Waals surface area contributed by atoms with Crippen LogP contribution < -0.4 is 0 Å². The first kappa shape index (κ1) is 13.4. The molecule has 0 radical (unpaired) electrons. The SMILES string of the molecule is O=C(O)C1CCCCC1N1CCC2CCCCC2C1. The van der Waals surface area contributed by atoms with E-state index in [1.807, 2.05) is 0 Å². The first-order valence-electron chi connectivity index (χ1n) is 8.22. The highest BCUT2D eigenvalue weighted by Crippen LogP contribution is 2.39. The molecule has 0 bridgehead atoms. The Morgan fingerprint density at radius 2 is 1.58 bits per heavy atom. The Morgan fingerprint density at radius 1 is 0.895 bits per heavy atom. The molecule has 0 aromatic heterocycles. The topological polar surface area (TPSA) is 40.5 Å². The van der Waals surface area contributed by atoms with Gasteiger partial charge in [0.1, 0.15) is 0 Å². The second kappa shape index (κ2) is 5.82. The predicted octanol–water partition coefficient (Wildman–Crippen LogP) is 3.14. The van der Waals surface area contributed by atoms with E-state index < -0.39 is 5.97 Å². The summed E-state index contributed by atoms with van der Waals surface area (Å²) in [7, 11) is 0. The van der Waals surface area contributed by atoms with Crippen LogP contribution >= 0.6 is 0 Å². The van der Waals surface area contributed by atoms with Crippen molar-refractivity contribution in [3.05, 3.63) is 0 Å². The van der Waals surface area contributed by atoms with Crippen LogP contribution in [-0.4, -0.2) is 35.1 Å². The molecule has 1 aliphatic heterocycles. The van der Waals surface area contributed by atoms with Gasteiger partial charge in [-0.3, -0.25) is 9.69 Å². The molecule has 0 amide bonds. The van der Waals surface area contributed by atoms with Gasteiger partial charge in [-0.2, -0.15) is 0 Å². The molecule has 3 nitrogen and oxygen atoms in total. The minimum Gasteiger partial charge on any atom is -0.481 e. The summed E-state index contributed by atoms with van der Waals surface area (Å²) in [6.07, 6.45) is 11.3. The molecule has 0 spiro atoms. The van der Waals surface area contributed by atoms with Gasteiger partial charge in [-0.25, -0.2) is 0 Å². The van der Waals surface area contributed by atoms with Crippen LogP contribution in [0.1, 0.15) is 57.8 Å². The Hall–Kier alpha value is -0.570. The predicted molar refractivity (Wildman–Crippen MR) is 75.0 cm³/mol. The molecule has 0 aromatic carbocycles. The van der Waals surface area contributed by atoms with E-state index in [9.17, 15) is 9.90 Å². The third-order valence-corrected chi connectivity index (χ3v) is 5.84. The van der Waals surface area contributed by atoms with Crippen molar-refractivity contribution in [1.82, 2.24) is 4.90 Å². The fraction of sp³-hybridized carbons (Fsp3) is 0.938. The zero-order valence-electron chi connectivity index (χ0n) is 11.9. The molecule has 3 aliphatic rings. The summed E-state index contributed by atoms with van der Waals surface area (Å²) in [5.41, 5.74) is 0. The first-order chi connectivity index (χ1) is 9.25. The van der Waals surface area contributed by atoms with E-state index >= 15 is 0 Å². The summed E-state index contributed by atoms with van der Waals surface area (Å²) >= 11 is 0. The van der Waals surface area contributed by atoms with Crippen LogP contribution in [0.25, 0.3) is 0 Å². The summed E-state index contributed by atoms with van der Waals surface area (Å²) < 4.78 is 0. The van der Waals surface area contributed by atoms with Gasteiger partial charge in [0.15, 0.2) is 0 Å². The van der Waals surface area contributed by atoms with Crippen molar-refractivity contribution in [2.75, 3.05) is 13.1 Å². The lowest BCUT2D eigenvalue weighted by Crippen LogP contribution is -2.51. The highest BCUT2D eigenvalue weighted by Gasteiger charge is 2.39. The van der Waals surface area contributed by atoms with Crippen molar-refractivity contribution < 1.29 is 9.90 Å². The highest BCUT2D eigenvalue weighted by molar-refractivity contribution is 5.71. The van der Waals surface area contributed by atoms with E-state index in [0.29, 0.717) is 6.04 Å². The quantitative estimate of drug-likeness (QED) is 0.834. The number of rotatable bonds is 2. The normalized spacial score (nSPS) is 40.6. The summed E-state index contributed by atoms with van der Waals surface area (Å²) in [6.45, 7) is 2.33. The molecular formula is C16H27NO2. The number of likely N-dealkylation sites (tertiary alicyclic amines) is 1. The zero-order chi connectivity index (χ0) is 13.2. The van der Waals surface area contributed by atoms with Crippen molar-refractivity contribution in [3.63, 3.8) is 0 Å². The molecule has 1 saturated heterocycles. The lowest BCUT2D eigenvalue weighted by atomic mass is 9.73. The Kier molecular flexibility index (Phi) is 4.11. The molecule has 3 heteroatoms. The van der Waals surface area contributed by atoms with Crippen LogP contribution in [0.15, 0.2) is 0 Å². The maximum Gasteiger partial charge on any atom is 0.308 e. The summed E-state index contributed by atoms with van der Waals surface area (Å²) in [6, 6.07) is 0.328. The van der Waals surface area contributed by atoms with E-state index in [-0.39, 0.29) is 5.92 Å². The van der Waals surface area contributed by atoms with Gasteiger partial charge in [0.05, 0.1) is 5.92 Å². The molecule has 3 fully saturated rings. The summed E-state index contributed by atoms with van der Waals surface area (Å²) in [4.78, 5) is 14.0. The average molecular weight is 265 g/mol. The lowest BCUT2D eigenvalue weighted by Gasteiger charge is -2.46. The van der Waals surface area contributed by atoms with Crippen molar-refractivity contribution in [2.24, 2.45) is 17.8 Å². The summed E-state index contributed by atoms with van der Waals surface area (Å²) in [5.74, 6) is 1.14. The lowest BCUT2D eigenvalue weighted by molar-refractivity contribution is -0.146. The fourth-order valence-corrected chi connectivity index (χ4v) is 4.77. The van der Waals surface area contributed by atoms with Gasteiger partial charge in [0.2, 0.25) is 0 Å². The van der Waals surface area contributed by atoms with Crippen molar-refractivity contribution >= 4 is 5.97 Å². The molecule has 108 valence electrons. The van der Waals surface area contributed by atoms with Gasteiger partial charge in [0, 0.05) is 12.6 Å². The van der Waals surface area contributed by atoms with Crippen LogP contribution in [0.3, 0.4) is 0 Å². The molecule has 4 unspecified atom stereocenters. The number of aliphatic carboxylic acids is 1. The minimum absolute atomic E-state index is 0.103. The first-order valence-corrected chi connectivity index (χ1v) is 8.22. The van der Waals surface area contributed by atoms with E-state index in [4.69, 9.17) is 0 Å². The Balaban J connectivity index is 1.65. The van der Waals surface area contributed by atoms with Crippen molar-refractivity contribution in [1.29, 1.82) is 0 Å². The largest absolute Gasteiger partial charge is 0.481 e. The van der Waals surface area contributed by atoms with Crippen LogP contribution in [0.2, 0.25) is 0 Å². The molecule has 4 atom stereocenters. The second-order valence-corrected chi connectivity index (χ2v) is 6.88. The van der Waals surface area contributed by atoms with Crippen LogP contribution in [0, 0.1) is 17.8 Å². The fourth-order valence-electron chi connectivity index (χ4n) is 4.77. The third kappa shape index (κ3) is 2.81. The smallest absolute Gasteiger partial charge is 0.308 e. The van der Waals surface area contributed by atoms with Crippen LogP contribution in [0.5, 0.6) is 0 Å². The number of carboxylic acid groups (broad SMARTS) is 1. The minimum atomic E-state index is -0.560. The number of hydrogen-bond acceptors (Lipinski definition) is 2. The van der Waals surface area contributed by atoms with E-state index in [0.717, 1.165) is 37.6 Å².